The highest BCUT2D eigenvalue weighted by molar-refractivity contribution is 7.80. The second-order valence-corrected chi connectivity index (χ2v) is 12.9. The Morgan fingerprint density at radius 1 is 0.488 bits per heavy atom. The minimum Gasteiger partial charge on any atom is -0.354 e. The van der Waals surface area contributed by atoms with Gasteiger partial charge < -0.3 is 10.6 Å². The van der Waals surface area contributed by atoms with E-state index in [0.717, 1.165) is 25.7 Å². The van der Waals surface area contributed by atoms with Gasteiger partial charge >= 0.3 is 0 Å². The lowest BCUT2D eigenvalue weighted by Crippen LogP contribution is -2.48. The van der Waals surface area contributed by atoms with Crippen molar-refractivity contribution in [2.45, 2.75) is 206 Å². The number of hydrogen-bond donors (Lipinski definition) is 3. The van der Waals surface area contributed by atoms with Crippen LogP contribution in [0.25, 0.3) is 0 Å². The minimum atomic E-state index is -0.524. The summed E-state index contributed by atoms with van der Waals surface area (Å²) >= 11 is 4.30. The standard InChI is InChI=1S/C36H72N2O2S/c1-3-5-7-9-11-13-15-17-19-21-23-25-27-29-31-35(39)38-34(33-41)36(40)37-32-30-28-26-24-22-20-18-16-14-12-10-8-6-4-2/h34,41H,3-33H2,1-2H3,(H,37,40)(H,38,39). The second kappa shape index (κ2) is 33.8. The van der Waals surface area contributed by atoms with Crippen LogP contribution in [0.5, 0.6) is 0 Å². The SMILES string of the molecule is CCCCCCCCCCCCCCCCNC(=O)C(CS)NC(=O)CCCCCCCCCCCCCCCC. The molecule has 0 aliphatic rings. The van der Waals surface area contributed by atoms with E-state index >= 15 is 0 Å². The number of unbranched alkanes of at least 4 members (excludes halogenated alkanes) is 26. The fourth-order valence-electron chi connectivity index (χ4n) is 5.60. The summed E-state index contributed by atoms with van der Waals surface area (Å²) < 4.78 is 0. The number of hydrogen-bond acceptors (Lipinski definition) is 3. The lowest BCUT2D eigenvalue weighted by molar-refractivity contribution is -0.128. The highest BCUT2D eigenvalue weighted by Crippen LogP contribution is 2.14. The molecule has 0 heterocycles. The maximum atomic E-state index is 12.5. The monoisotopic (exact) mass is 597 g/mol. The molecule has 5 heteroatoms. The van der Waals surface area contributed by atoms with Gasteiger partial charge in [-0.05, 0) is 12.8 Å². The molecular formula is C36H72N2O2S. The van der Waals surface area contributed by atoms with Crippen molar-refractivity contribution in [3.8, 4) is 0 Å². The summed E-state index contributed by atoms with van der Waals surface area (Å²) in [6.45, 7) is 5.24. The third kappa shape index (κ3) is 30.5. The summed E-state index contributed by atoms with van der Waals surface area (Å²) in [5.41, 5.74) is 0. The van der Waals surface area contributed by atoms with Gasteiger partial charge in [0.15, 0.2) is 0 Å². The average Bonchev–Trinajstić information content (AvgIpc) is 2.97. The van der Waals surface area contributed by atoms with Gasteiger partial charge in [-0.1, -0.05) is 181 Å². The Labute approximate surface area is 262 Å². The van der Waals surface area contributed by atoms with Crippen molar-refractivity contribution in [3.63, 3.8) is 0 Å². The molecule has 4 nitrogen and oxygen atoms in total. The smallest absolute Gasteiger partial charge is 0.243 e. The van der Waals surface area contributed by atoms with E-state index in [-0.39, 0.29) is 11.8 Å². The molecule has 0 spiro atoms. The highest BCUT2D eigenvalue weighted by atomic mass is 32.1. The normalized spacial score (nSPS) is 12.0. The van der Waals surface area contributed by atoms with Gasteiger partial charge in [0.05, 0.1) is 0 Å². The zero-order chi connectivity index (χ0) is 30.1. The van der Waals surface area contributed by atoms with Gasteiger partial charge in [0, 0.05) is 18.7 Å². The molecule has 0 aromatic carbocycles. The predicted octanol–water partition coefficient (Wildman–Crippen LogP) is 10.9. The maximum Gasteiger partial charge on any atom is 0.243 e. The van der Waals surface area contributed by atoms with E-state index in [1.807, 2.05) is 0 Å². The fraction of sp³-hybridized carbons (Fsp3) is 0.944. The molecule has 0 bridgehead atoms. The van der Waals surface area contributed by atoms with Crippen molar-refractivity contribution < 1.29 is 9.59 Å². The van der Waals surface area contributed by atoms with E-state index in [1.165, 1.54) is 154 Å². The Morgan fingerprint density at radius 3 is 1.15 bits per heavy atom. The molecule has 0 aromatic rings. The lowest BCUT2D eigenvalue weighted by Gasteiger charge is -2.16. The second-order valence-electron chi connectivity index (χ2n) is 12.5. The first-order valence-corrected chi connectivity index (χ1v) is 19.0. The van der Waals surface area contributed by atoms with Crippen LogP contribution < -0.4 is 10.6 Å². The topological polar surface area (TPSA) is 58.2 Å². The van der Waals surface area contributed by atoms with Crippen LogP contribution in [0, 0.1) is 0 Å². The van der Waals surface area contributed by atoms with E-state index in [4.69, 9.17) is 0 Å². The van der Waals surface area contributed by atoms with Crippen molar-refractivity contribution in [2.24, 2.45) is 0 Å². The van der Waals surface area contributed by atoms with Crippen molar-refractivity contribution >= 4 is 24.4 Å². The van der Waals surface area contributed by atoms with Crippen molar-refractivity contribution in [1.82, 2.24) is 10.6 Å². The first-order chi connectivity index (χ1) is 20.2. The molecule has 244 valence electrons. The largest absolute Gasteiger partial charge is 0.354 e. The number of carbonyl (C=O) groups excluding carboxylic acids is 2. The molecular weight excluding hydrogens is 524 g/mol. The van der Waals surface area contributed by atoms with Gasteiger partial charge in [0.25, 0.3) is 0 Å². The Balaban J connectivity index is 3.53. The van der Waals surface area contributed by atoms with E-state index in [2.05, 4.69) is 37.1 Å². The molecule has 1 unspecified atom stereocenters. The van der Waals surface area contributed by atoms with E-state index in [9.17, 15) is 9.59 Å². The molecule has 0 aromatic heterocycles. The molecule has 0 radical (unpaired) electrons. The lowest BCUT2D eigenvalue weighted by atomic mass is 10.0. The molecule has 2 N–H and O–H groups in total. The van der Waals surface area contributed by atoms with Crippen molar-refractivity contribution in [1.29, 1.82) is 0 Å². The van der Waals surface area contributed by atoms with Crippen LogP contribution >= 0.6 is 12.6 Å². The highest BCUT2D eigenvalue weighted by Gasteiger charge is 2.18. The fourth-order valence-corrected chi connectivity index (χ4v) is 5.85. The van der Waals surface area contributed by atoms with Gasteiger partial charge in [-0.3, -0.25) is 9.59 Å². The first-order valence-electron chi connectivity index (χ1n) is 18.3. The number of carbonyl (C=O) groups is 2. The summed E-state index contributed by atoms with van der Waals surface area (Å²) in [4.78, 5) is 24.8. The van der Waals surface area contributed by atoms with Crippen LogP contribution in [0.1, 0.15) is 200 Å². The molecule has 1 atom stereocenters. The third-order valence-electron chi connectivity index (χ3n) is 8.42. The Kier molecular flexibility index (Phi) is 33.2. The van der Waals surface area contributed by atoms with E-state index in [0.29, 0.717) is 18.7 Å². The molecule has 0 aliphatic carbocycles. The molecule has 0 fully saturated rings. The Bertz CT molecular complexity index is 558. The summed E-state index contributed by atoms with van der Waals surface area (Å²) in [6, 6.07) is -0.524. The molecule has 0 saturated carbocycles. The van der Waals surface area contributed by atoms with Crippen LogP contribution in [0.4, 0.5) is 0 Å². The third-order valence-corrected chi connectivity index (χ3v) is 8.79. The zero-order valence-electron chi connectivity index (χ0n) is 27.8. The van der Waals surface area contributed by atoms with Crippen LogP contribution in [-0.4, -0.2) is 30.2 Å². The minimum absolute atomic E-state index is 0.0189. The number of thiol groups is 1. The van der Waals surface area contributed by atoms with Crippen molar-refractivity contribution in [3.05, 3.63) is 0 Å². The average molecular weight is 597 g/mol. The van der Waals surface area contributed by atoms with Crippen LogP contribution in [0.2, 0.25) is 0 Å². The van der Waals surface area contributed by atoms with Gasteiger partial charge in [-0.15, -0.1) is 0 Å². The van der Waals surface area contributed by atoms with Gasteiger partial charge in [-0.2, -0.15) is 12.6 Å². The van der Waals surface area contributed by atoms with Crippen LogP contribution in [0.15, 0.2) is 0 Å². The summed E-state index contributed by atoms with van der Waals surface area (Å²) in [5.74, 6) is 0.230. The molecule has 0 rings (SSSR count). The van der Waals surface area contributed by atoms with Gasteiger partial charge in [0.1, 0.15) is 6.04 Å². The first kappa shape index (κ1) is 40.3. The molecule has 0 aliphatic heterocycles. The Hall–Kier alpha value is -0.710. The maximum absolute atomic E-state index is 12.5. The van der Waals surface area contributed by atoms with Gasteiger partial charge in [-0.25, -0.2) is 0 Å². The summed E-state index contributed by atoms with van der Waals surface area (Å²) in [7, 11) is 0. The zero-order valence-corrected chi connectivity index (χ0v) is 28.7. The molecule has 2 amide bonds. The molecule has 41 heavy (non-hydrogen) atoms. The van der Waals surface area contributed by atoms with Crippen LogP contribution in [0.3, 0.4) is 0 Å². The summed E-state index contributed by atoms with van der Waals surface area (Å²) in [6.07, 6.45) is 37.5. The van der Waals surface area contributed by atoms with E-state index in [1.54, 1.807) is 0 Å². The quantitative estimate of drug-likeness (QED) is 0.0521. The number of nitrogens with one attached hydrogen (secondary N) is 2. The number of rotatable bonds is 33. The van der Waals surface area contributed by atoms with Crippen LogP contribution in [-0.2, 0) is 9.59 Å². The predicted molar refractivity (Wildman–Crippen MR) is 184 cm³/mol. The van der Waals surface area contributed by atoms with Crippen molar-refractivity contribution in [2.75, 3.05) is 12.3 Å². The Morgan fingerprint density at radius 2 is 0.805 bits per heavy atom. The van der Waals surface area contributed by atoms with E-state index < -0.39 is 6.04 Å². The van der Waals surface area contributed by atoms with Gasteiger partial charge in [0.2, 0.25) is 11.8 Å². The number of amides is 2. The summed E-state index contributed by atoms with van der Waals surface area (Å²) in [5, 5.41) is 5.89. The molecule has 0 saturated heterocycles.